The van der Waals surface area contributed by atoms with E-state index in [0.29, 0.717) is 17.9 Å². The van der Waals surface area contributed by atoms with Crippen molar-refractivity contribution in [1.29, 1.82) is 0 Å². The van der Waals surface area contributed by atoms with Gasteiger partial charge in [0.25, 0.3) is 0 Å². The summed E-state index contributed by atoms with van der Waals surface area (Å²) in [4.78, 5) is 4.31. The maximum atomic E-state index is 11.3. The molecule has 0 atom stereocenters. The van der Waals surface area contributed by atoms with Crippen LogP contribution in [0.5, 0.6) is 0 Å². The summed E-state index contributed by atoms with van der Waals surface area (Å²) in [5.74, 6) is 1.28. The van der Waals surface area contributed by atoms with Crippen LogP contribution >= 0.6 is 11.6 Å². The molecule has 1 aliphatic rings. The first-order chi connectivity index (χ1) is 7.96. The predicted octanol–water partition coefficient (Wildman–Crippen LogP) is 2.03. The SMILES string of the molecule is Cc1nc(NC2CCS(=O)(=O)CC2)ccc1Cl. The standard InChI is InChI=1S/C11H15ClN2O2S/c1-8-10(12)2-3-11(13-8)14-9-4-6-17(15,16)7-5-9/h2-3,9H,4-7H2,1H3,(H,13,14). The van der Waals surface area contributed by atoms with Crippen molar-refractivity contribution in [2.75, 3.05) is 16.8 Å². The minimum Gasteiger partial charge on any atom is -0.367 e. The molecule has 1 aromatic rings. The Morgan fingerprint density at radius 3 is 2.59 bits per heavy atom. The zero-order valence-electron chi connectivity index (χ0n) is 9.61. The lowest BCUT2D eigenvalue weighted by molar-refractivity contribution is 0.559. The van der Waals surface area contributed by atoms with Crippen molar-refractivity contribution in [2.24, 2.45) is 0 Å². The monoisotopic (exact) mass is 274 g/mol. The molecule has 0 unspecified atom stereocenters. The van der Waals surface area contributed by atoms with E-state index in [4.69, 9.17) is 11.6 Å². The Labute approximate surface area is 106 Å². The summed E-state index contributed by atoms with van der Waals surface area (Å²) >= 11 is 5.89. The normalized spacial score (nSPS) is 20.1. The highest BCUT2D eigenvalue weighted by Crippen LogP contribution is 2.19. The number of sulfone groups is 1. The van der Waals surface area contributed by atoms with E-state index in [1.165, 1.54) is 0 Å². The van der Waals surface area contributed by atoms with Gasteiger partial charge in [-0.05, 0) is 31.9 Å². The Balaban J connectivity index is 2.00. The lowest BCUT2D eigenvalue weighted by Crippen LogP contribution is -2.32. The molecule has 1 fully saturated rings. The molecule has 1 aromatic heterocycles. The quantitative estimate of drug-likeness (QED) is 0.897. The van der Waals surface area contributed by atoms with Crippen LogP contribution in [0.2, 0.25) is 5.02 Å². The number of aryl methyl sites for hydroxylation is 1. The minimum absolute atomic E-state index is 0.187. The molecule has 1 aliphatic heterocycles. The minimum atomic E-state index is -2.80. The topological polar surface area (TPSA) is 59.1 Å². The first kappa shape index (κ1) is 12.6. The van der Waals surface area contributed by atoms with Crippen molar-refractivity contribution >= 4 is 27.3 Å². The van der Waals surface area contributed by atoms with Gasteiger partial charge < -0.3 is 5.32 Å². The van der Waals surface area contributed by atoms with Crippen LogP contribution in [0.1, 0.15) is 18.5 Å². The summed E-state index contributed by atoms with van der Waals surface area (Å²) in [6.07, 6.45) is 1.29. The lowest BCUT2D eigenvalue weighted by atomic mass is 10.1. The molecule has 0 aliphatic carbocycles. The van der Waals surface area contributed by atoms with Gasteiger partial charge >= 0.3 is 0 Å². The third kappa shape index (κ3) is 3.33. The van der Waals surface area contributed by atoms with E-state index in [0.717, 1.165) is 11.5 Å². The zero-order valence-corrected chi connectivity index (χ0v) is 11.2. The van der Waals surface area contributed by atoms with Crippen LogP contribution in [-0.4, -0.2) is 30.9 Å². The third-order valence-corrected chi connectivity index (χ3v) is 5.04. The first-order valence-corrected chi connectivity index (χ1v) is 7.76. The first-order valence-electron chi connectivity index (χ1n) is 5.56. The molecule has 17 heavy (non-hydrogen) atoms. The van der Waals surface area contributed by atoms with Gasteiger partial charge in [0.05, 0.1) is 22.2 Å². The maximum absolute atomic E-state index is 11.3. The number of aromatic nitrogens is 1. The fourth-order valence-corrected chi connectivity index (χ4v) is 3.46. The van der Waals surface area contributed by atoms with Crippen molar-refractivity contribution in [3.63, 3.8) is 0 Å². The second kappa shape index (κ2) is 4.82. The van der Waals surface area contributed by atoms with Gasteiger partial charge in [-0.1, -0.05) is 11.6 Å². The second-order valence-corrected chi connectivity index (χ2v) is 7.04. The summed E-state index contributed by atoms with van der Waals surface area (Å²) in [5.41, 5.74) is 0.778. The van der Waals surface area contributed by atoms with Gasteiger partial charge in [-0.15, -0.1) is 0 Å². The molecule has 2 rings (SSSR count). The van der Waals surface area contributed by atoms with E-state index < -0.39 is 9.84 Å². The average Bonchev–Trinajstić information content (AvgIpc) is 2.27. The van der Waals surface area contributed by atoms with Gasteiger partial charge in [0, 0.05) is 6.04 Å². The van der Waals surface area contributed by atoms with Crippen LogP contribution in [0.25, 0.3) is 0 Å². The third-order valence-electron chi connectivity index (χ3n) is 2.93. The molecule has 1 saturated heterocycles. The van der Waals surface area contributed by atoms with Gasteiger partial charge in [-0.3, -0.25) is 0 Å². The number of nitrogens with one attached hydrogen (secondary N) is 1. The van der Waals surface area contributed by atoms with Crippen molar-refractivity contribution in [1.82, 2.24) is 4.98 Å². The molecule has 6 heteroatoms. The fourth-order valence-electron chi connectivity index (χ4n) is 1.87. The number of anilines is 1. The Bertz CT molecular complexity index is 502. The molecule has 4 nitrogen and oxygen atoms in total. The number of pyridine rings is 1. The Kier molecular flexibility index (Phi) is 3.58. The van der Waals surface area contributed by atoms with Crippen molar-refractivity contribution < 1.29 is 8.42 Å². The summed E-state index contributed by atoms with van der Waals surface area (Å²) in [5, 5.41) is 3.89. The predicted molar refractivity (Wildman–Crippen MR) is 69.3 cm³/mol. The Morgan fingerprint density at radius 1 is 1.35 bits per heavy atom. The molecule has 1 N–H and O–H groups in total. The molecule has 0 spiro atoms. The van der Waals surface area contributed by atoms with E-state index in [1.807, 2.05) is 13.0 Å². The molecule has 0 saturated carbocycles. The summed E-state index contributed by atoms with van der Waals surface area (Å²) in [6, 6.07) is 3.80. The number of nitrogens with zero attached hydrogens (tertiary/aromatic N) is 1. The number of rotatable bonds is 2. The number of hydrogen-bond acceptors (Lipinski definition) is 4. The number of halogens is 1. The average molecular weight is 275 g/mol. The highest BCUT2D eigenvalue weighted by Gasteiger charge is 2.23. The Hall–Kier alpha value is -0.810. The highest BCUT2D eigenvalue weighted by atomic mass is 35.5. The van der Waals surface area contributed by atoms with E-state index >= 15 is 0 Å². The van der Waals surface area contributed by atoms with Crippen LogP contribution < -0.4 is 5.32 Å². The van der Waals surface area contributed by atoms with E-state index in [1.54, 1.807) is 6.07 Å². The van der Waals surface area contributed by atoms with Crippen molar-refractivity contribution in [3.8, 4) is 0 Å². The molecule has 0 aromatic carbocycles. The lowest BCUT2D eigenvalue weighted by Gasteiger charge is -2.23. The van der Waals surface area contributed by atoms with Gasteiger partial charge in [0.2, 0.25) is 0 Å². The van der Waals surface area contributed by atoms with Crippen LogP contribution in [0, 0.1) is 6.92 Å². The van der Waals surface area contributed by atoms with Gasteiger partial charge in [-0.2, -0.15) is 0 Å². The van der Waals surface area contributed by atoms with E-state index in [9.17, 15) is 8.42 Å². The fraction of sp³-hybridized carbons (Fsp3) is 0.545. The summed E-state index contributed by atoms with van der Waals surface area (Å²) in [6.45, 7) is 1.85. The van der Waals surface area contributed by atoms with Crippen LogP contribution in [-0.2, 0) is 9.84 Å². The molecule has 2 heterocycles. The maximum Gasteiger partial charge on any atom is 0.150 e. The van der Waals surface area contributed by atoms with Gasteiger partial charge in [0.1, 0.15) is 15.7 Å². The van der Waals surface area contributed by atoms with Crippen molar-refractivity contribution in [2.45, 2.75) is 25.8 Å². The van der Waals surface area contributed by atoms with E-state index in [-0.39, 0.29) is 17.5 Å². The molecular formula is C11H15ClN2O2S. The van der Waals surface area contributed by atoms with Gasteiger partial charge in [0.15, 0.2) is 0 Å². The molecule has 94 valence electrons. The van der Waals surface area contributed by atoms with Crippen LogP contribution in [0.3, 0.4) is 0 Å². The molecule has 0 amide bonds. The van der Waals surface area contributed by atoms with Crippen LogP contribution in [0.15, 0.2) is 12.1 Å². The summed E-state index contributed by atoms with van der Waals surface area (Å²) in [7, 11) is -2.80. The van der Waals surface area contributed by atoms with Crippen molar-refractivity contribution in [3.05, 3.63) is 22.8 Å². The van der Waals surface area contributed by atoms with Gasteiger partial charge in [-0.25, -0.2) is 13.4 Å². The summed E-state index contributed by atoms with van der Waals surface area (Å²) < 4.78 is 22.6. The zero-order chi connectivity index (χ0) is 12.5. The second-order valence-electron chi connectivity index (χ2n) is 4.33. The number of hydrogen-bond donors (Lipinski definition) is 1. The smallest absolute Gasteiger partial charge is 0.150 e. The van der Waals surface area contributed by atoms with E-state index in [2.05, 4.69) is 10.3 Å². The largest absolute Gasteiger partial charge is 0.367 e. The molecular weight excluding hydrogens is 260 g/mol. The molecule has 0 bridgehead atoms. The highest BCUT2D eigenvalue weighted by molar-refractivity contribution is 7.91. The van der Waals surface area contributed by atoms with Crippen LogP contribution in [0.4, 0.5) is 5.82 Å². The molecule has 0 radical (unpaired) electrons. The Morgan fingerprint density at radius 2 is 2.00 bits per heavy atom.